The second-order valence-corrected chi connectivity index (χ2v) is 9.36. The van der Waals surface area contributed by atoms with E-state index in [4.69, 9.17) is 19.3 Å². The summed E-state index contributed by atoms with van der Waals surface area (Å²) >= 11 is 0. The number of carboxylic acid groups (broad SMARTS) is 1. The summed E-state index contributed by atoms with van der Waals surface area (Å²) in [6.07, 6.45) is -0.154. The van der Waals surface area contributed by atoms with Crippen LogP contribution in [-0.2, 0) is 18.3 Å². The Morgan fingerprint density at radius 2 is 1.98 bits per heavy atom. The van der Waals surface area contributed by atoms with Gasteiger partial charge < -0.3 is 24.6 Å². The number of hydrogen-bond donors (Lipinski definition) is 2. The van der Waals surface area contributed by atoms with Gasteiger partial charge in [-0.1, -0.05) is 12.1 Å². The van der Waals surface area contributed by atoms with Crippen molar-refractivity contribution in [1.29, 1.82) is 0 Å². The van der Waals surface area contributed by atoms with Crippen LogP contribution >= 0.6 is 0 Å². The van der Waals surface area contributed by atoms with Gasteiger partial charge in [-0.25, -0.2) is 4.79 Å². The Kier molecular flexibility index (Phi) is 7.65. The van der Waals surface area contributed by atoms with E-state index in [0.29, 0.717) is 41.5 Å². The predicted molar refractivity (Wildman–Crippen MR) is 143 cm³/mol. The molecule has 14 heteroatoms. The molecule has 0 saturated carbocycles. The fourth-order valence-electron chi connectivity index (χ4n) is 4.76. The molecule has 1 aliphatic rings. The Balaban J connectivity index is 1.44. The van der Waals surface area contributed by atoms with Crippen LogP contribution in [-0.4, -0.2) is 55.4 Å². The lowest BCUT2D eigenvalue weighted by Crippen LogP contribution is -2.16. The van der Waals surface area contributed by atoms with Crippen molar-refractivity contribution < 1.29 is 33.8 Å². The van der Waals surface area contributed by atoms with Gasteiger partial charge in [0, 0.05) is 42.9 Å². The number of carbonyl (C=O) groups excluding carboxylic acids is 1. The second kappa shape index (κ2) is 11.5. The Morgan fingerprint density at radius 3 is 2.63 bits per heavy atom. The van der Waals surface area contributed by atoms with Crippen molar-refractivity contribution in [2.75, 3.05) is 19.0 Å². The van der Waals surface area contributed by atoms with Gasteiger partial charge in [0.05, 0.1) is 37.0 Å². The minimum atomic E-state index is -1.53. The Morgan fingerprint density at radius 1 is 1.20 bits per heavy atom. The topological polar surface area (TPSA) is 173 Å². The molecule has 1 saturated heterocycles. The lowest BCUT2D eigenvalue weighted by molar-refractivity contribution is -0.385. The molecule has 0 bridgehead atoms. The number of nitro groups is 1. The molecular weight excluding hydrogens is 536 g/mol. The molecule has 41 heavy (non-hydrogen) atoms. The highest BCUT2D eigenvalue weighted by molar-refractivity contribution is 6.02. The highest BCUT2D eigenvalue weighted by Crippen LogP contribution is 2.43. The molecule has 0 unspecified atom stereocenters. The van der Waals surface area contributed by atoms with E-state index in [1.54, 1.807) is 31.0 Å². The van der Waals surface area contributed by atoms with Crippen LogP contribution < -0.4 is 14.8 Å². The molecule has 2 aromatic heterocycles. The molecule has 3 heterocycles. The molecule has 212 valence electrons. The van der Waals surface area contributed by atoms with Crippen molar-refractivity contribution in [2.45, 2.75) is 25.0 Å². The smallest absolute Gasteiger partial charge is 0.497 e. The summed E-state index contributed by atoms with van der Waals surface area (Å²) in [6, 6.07) is 14.5. The third-order valence-corrected chi connectivity index (χ3v) is 6.77. The zero-order chi connectivity index (χ0) is 29.1. The molecule has 14 nitrogen and oxygen atoms in total. The maximum Gasteiger partial charge on any atom is 0.511 e. The first-order valence-corrected chi connectivity index (χ1v) is 12.5. The summed E-state index contributed by atoms with van der Waals surface area (Å²) in [5, 5.41) is 32.0. The van der Waals surface area contributed by atoms with Gasteiger partial charge in [-0.3, -0.25) is 24.3 Å². The van der Waals surface area contributed by atoms with E-state index in [0.717, 1.165) is 5.56 Å². The fourth-order valence-corrected chi connectivity index (χ4v) is 4.76. The van der Waals surface area contributed by atoms with Crippen LogP contribution in [0.25, 0.3) is 0 Å². The third-order valence-electron chi connectivity index (χ3n) is 6.77. The van der Waals surface area contributed by atoms with E-state index < -0.39 is 23.1 Å². The van der Waals surface area contributed by atoms with Crippen LogP contribution in [0.4, 0.5) is 16.3 Å². The Bertz CT molecular complexity index is 1600. The highest BCUT2D eigenvalue weighted by Gasteiger charge is 2.34. The average molecular weight is 563 g/mol. The van der Waals surface area contributed by atoms with Crippen LogP contribution in [0.15, 0.2) is 60.8 Å². The number of methoxy groups -OCH3 is 1. The van der Waals surface area contributed by atoms with Gasteiger partial charge in [0.15, 0.2) is 5.82 Å². The summed E-state index contributed by atoms with van der Waals surface area (Å²) in [5.41, 5.74) is 2.10. The molecule has 0 radical (unpaired) electrons. The van der Waals surface area contributed by atoms with Crippen molar-refractivity contribution in [3.63, 3.8) is 0 Å². The first-order valence-electron chi connectivity index (χ1n) is 12.5. The number of anilines is 1. The lowest BCUT2D eigenvalue weighted by atomic mass is 9.94. The number of rotatable bonds is 9. The molecule has 2 aromatic carbocycles. The Labute approximate surface area is 233 Å². The standard InChI is InChI=1S/C27H26N6O8/c1-31-21(9-10-28-31)26(34)29-25-13-22(32(30-25)14-16-3-6-19(39-2)7-4-16)24-11-17(15-40-24)20-12-18(33(37)38)5-8-23(20)41-27(35)36/h3-10,12-13,17,24H,11,14-15H2,1-2H3,(H,35,36)(H,29,30,34)/t17-,24-/m0/s1. The summed E-state index contributed by atoms with van der Waals surface area (Å²) < 4.78 is 19.4. The van der Waals surface area contributed by atoms with Crippen LogP contribution in [0.2, 0.25) is 0 Å². The minimum Gasteiger partial charge on any atom is -0.497 e. The first kappa shape index (κ1) is 27.3. The molecule has 2 atom stereocenters. The van der Waals surface area contributed by atoms with E-state index in [-0.39, 0.29) is 24.0 Å². The number of hydrogen-bond acceptors (Lipinski definition) is 9. The summed E-state index contributed by atoms with van der Waals surface area (Å²) in [5.74, 6) is 0.232. The molecule has 5 rings (SSSR count). The SMILES string of the molecule is COc1ccc(Cn2nc(NC(=O)c3ccnn3C)cc2[C@@H]2C[C@H](c3cc([N+](=O)[O-])ccc3OC(=O)O)CO2)cc1. The van der Waals surface area contributed by atoms with Gasteiger partial charge in [-0.15, -0.1) is 0 Å². The van der Waals surface area contributed by atoms with Crippen molar-refractivity contribution >= 4 is 23.6 Å². The number of aryl methyl sites for hydroxylation is 1. The molecule has 0 aliphatic carbocycles. The number of carbonyl (C=O) groups is 2. The van der Waals surface area contributed by atoms with Crippen molar-refractivity contribution in [3.05, 3.63) is 93.4 Å². The number of aromatic nitrogens is 4. The van der Waals surface area contributed by atoms with Gasteiger partial charge in [0.1, 0.15) is 17.2 Å². The lowest BCUT2D eigenvalue weighted by Gasteiger charge is -2.14. The van der Waals surface area contributed by atoms with Gasteiger partial charge in [-0.05, 0) is 36.2 Å². The number of nitro benzene ring substituents is 1. The number of non-ortho nitro benzene ring substituents is 1. The second-order valence-electron chi connectivity index (χ2n) is 9.36. The molecule has 0 spiro atoms. The molecule has 1 aliphatic heterocycles. The minimum absolute atomic E-state index is 0.00761. The van der Waals surface area contributed by atoms with Gasteiger partial charge >= 0.3 is 6.16 Å². The van der Waals surface area contributed by atoms with E-state index in [1.807, 2.05) is 24.3 Å². The molecule has 2 N–H and O–H groups in total. The normalized spacial score (nSPS) is 16.3. The summed E-state index contributed by atoms with van der Waals surface area (Å²) in [7, 11) is 3.24. The number of nitrogens with one attached hydrogen (secondary N) is 1. The molecular formula is C27H26N6O8. The van der Waals surface area contributed by atoms with E-state index in [1.165, 1.54) is 29.1 Å². The number of nitrogens with zero attached hydrogens (tertiary/aromatic N) is 5. The van der Waals surface area contributed by atoms with Crippen molar-refractivity contribution in [2.24, 2.45) is 7.05 Å². The van der Waals surface area contributed by atoms with Crippen LogP contribution in [0.1, 0.15) is 45.8 Å². The molecule has 1 amide bonds. The molecule has 1 fully saturated rings. The van der Waals surface area contributed by atoms with Crippen molar-refractivity contribution in [1.82, 2.24) is 19.6 Å². The van der Waals surface area contributed by atoms with E-state index >= 15 is 0 Å². The van der Waals surface area contributed by atoms with E-state index in [2.05, 4.69) is 15.5 Å². The predicted octanol–water partition coefficient (Wildman–Crippen LogP) is 4.14. The number of ether oxygens (including phenoxy) is 3. The zero-order valence-corrected chi connectivity index (χ0v) is 22.1. The highest BCUT2D eigenvalue weighted by atomic mass is 16.7. The van der Waals surface area contributed by atoms with Gasteiger partial charge in [0.2, 0.25) is 0 Å². The van der Waals surface area contributed by atoms with Gasteiger partial charge in [-0.2, -0.15) is 10.2 Å². The largest absolute Gasteiger partial charge is 0.511 e. The van der Waals surface area contributed by atoms with Crippen LogP contribution in [0.3, 0.4) is 0 Å². The average Bonchev–Trinajstić information content (AvgIpc) is 3.69. The third kappa shape index (κ3) is 6.01. The zero-order valence-electron chi connectivity index (χ0n) is 22.1. The number of benzene rings is 2. The first-order chi connectivity index (χ1) is 19.7. The fraction of sp³-hybridized carbons (Fsp3) is 0.259. The summed E-state index contributed by atoms with van der Waals surface area (Å²) in [4.78, 5) is 34.9. The monoisotopic (exact) mass is 562 g/mol. The maximum atomic E-state index is 12.8. The maximum absolute atomic E-state index is 12.8. The van der Waals surface area contributed by atoms with Gasteiger partial charge in [0.25, 0.3) is 11.6 Å². The molecule has 4 aromatic rings. The quantitative estimate of drug-likeness (QED) is 0.131. The Hall–Kier alpha value is -5.24. The van der Waals surface area contributed by atoms with Crippen LogP contribution in [0, 0.1) is 10.1 Å². The van der Waals surface area contributed by atoms with E-state index in [9.17, 15) is 19.7 Å². The summed E-state index contributed by atoms with van der Waals surface area (Å²) in [6.45, 7) is 0.516. The van der Waals surface area contributed by atoms with Crippen molar-refractivity contribution in [3.8, 4) is 11.5 Å². The van der Waals surface area contributed by atoms with Crippen LogP contribution in [0.5, 0.6) is 11.5 Å². The number of amides is 1.